The van der Waals surface area contributed by atoms with Crippen LogP contribution in [0.5, 0.6) is 0 Å². The summed E-state index contributed by atoms with van der Waals surface area (Å²) >= 11 is 0. The van der Waals surface area contributed by atoms with Gasteiger partial charge < -0.3 is 5.32 Å². The van der Waals surface area contributed by atoms with Gasteiger partial charge in [-0.25, -0.2) is 13.8 Å². The van der Waals surface area contributed by atoms with Crippen molar-refractivity contribution in [2.45, 2.75) is 27.2 Å². The number of anilines is 3. The first-order valence-corrected chi connectivity index (χ1v) is 11.1. The summed E-state index contributed by atoms with van der Waals surface area (Å²) < 4.78 is 57.1. The number of aromatic nitrogens is 2. The molecule has 0 radical (unpaired) electrons. The number of rotatable bonds is 8. The first kappa shape index (κ1) is 22.6. The molecule has 3 N–H and O–H groups in total. The molecule has 7 nitrogen and oxygen atoms in total. The molecule has 164 valence electrons. The molecule has 0 aliphatic carbocycles. The van der Waals surface area contributed by atoms with Crippen LogP contribution in [0.1, 0.15) is 29.2 Å². The second-order valence-corrected chi connectivity index (χ2v) is 8.49. The van der Waals surface area contributed by atoms with Gasteiger partial charge in [-0.1, -0.05) is 13.0 Å². The Morgan fingerprint density at radius 1 is 1.03 bits per heavy atom. The maximum absolute atomic E-state index is 14.9. The van der Waals surface area contributed by atoms with E-state index in [1.165, 1.54) is 18.3 Å². The van der Waals surface area contributed by atoms with Crippen molar-refractivity contribution in [3.8, 4) is 0 Å². The maximum Gasteiger partial charge on any atom is 0.300 e. The lowest BCUT2D eigenvalue weighted by Gasteiger charge is -2.15. The highest BCUT2D eigenvalue weighted by molar-refractivity contribution is 7.90. The third-order valence-electron chi connectivity index (χ3n) is 4.63. The van der Waals surface area contributed by atoms with Crippen molar-refractivity contribution in [3.63, 3.8) is 0 Å². The molecule has 3 aromatic rings. The van der Waals surface area contributed by atoms with E-state index in [2.05, 4.69) is 24.7 Å². The summed E-state index contributed by atoms with van der Waals surface area (Å²) in [5, 5.41) is 3.02. The van der Waals surface area contributed by atoms with Crippen LogP contribution in [-0.2, 0) is 16.6 Å². The molecular formula is C21H23F2N5O2S. The quantitative estimate of drug-likeness (QED) is 0.486. The molecule has 0 amide bonds. The molecule has 2 heterocycles. The Morgan fingerprint density at radius 3 is 2.52 bits per heavy atom. The molecule has 0 spiro atoms. The van der Waals surface area contributed by atoms with E-state index in [1.807, 2.05) is 6.92 Å². The largest absolute Gasteiger partial charge is 0.352 e. The molecule has 0 saturated heterocycles. The van der Waals surface area contributed by atoms with Gasteiger partial charge >= 0.3 is 0 Å². The lowest BCUT2D eigenvalue weighted by Crippen LogP contribution is -2.30. The fraction of sp³-hybridized carbons (Fsp3) is 0.238. The highest BCUT2D eigenvalue weighted by Gasteiger charge is 2.17. The molecule has 0 unspecified atom stereocenters. The minimum Gasteiger partial charge on any atom is -0.352 e. The number of hydrogen-bond acceptors (Lipinski definition) is 5. The summed E-state index contributed by atoms with van der Waals surface area (Å²) in [7, 11) is -3.91. The van der Waals surface area contributed by atoms with Gasteiger partial charge in [0.05, 0.1) is 17.6 Å². The van der Waals surface area contributed by atoms with Crippen molar-refractivity contribution >= 4 is 27.4 Å². The van der Waals surface area contributed by atoms with E-state index in [-0.39, 0.29) is 30.2 Å². The topological polar surface area (TPSA) is 96.0 Å². The third-order valence-corrected chi connectivity index (χ3v) is 5.76. The van der Waals surface area contributed by atoms with Crippen molar-refractivity contribution in [2.75, 3.05) is 16.6 Å². The van der Waals surface area contributed by atoms with Crippen LogP contribution in [0.3, 0.4) is 0 Å². The Labute approximate surface area is 180 Å². The van der Waals surface area contributed by atoms with Crippen LogP contribution >= 0.6 is 0 Å². The molecule has 31 heavy (non-hydrogen) atoms. The lowest BCUT2D eigenvalue weighted by molar-refractivity contribution is 0.585. The predicted octanol–water partition coefficient (Wildman–Crippen LogP) is 3.97. The number of nitrogens with one attached hydrogen (secondary N) is 3. The van der Waals surface area contributed by atoms with Crippen molar-refractivity contribution in [1.82, 2.24) is 14.7 Å². The lowest BCUT2D eigenvalue weighted by atomic mass is 10.0. The fourth-order valence-electron chi connectivity index (χ4n) is 2.99. The van der Waals surface area contributed by atoms with Gasteiger partial charge in [0.2, 0.25) is 0 Å². The normalized spacial score (nSPS) is 11.4. The number of nitrogens with zero attached hydrogens (tertiary/aromatic N) is 2. The van der Waals surface area contributed by atoms with Crippen LogP contribution in [0.2, 0.25) is 0 Å². The molecule has 3 rings (SSSR count). The highest BCUT2D eigenvalue weighted by Crippen LogP contribution is 2.27. The van der Waals surface area contributed by atoms with E-state index in [0.717, 1.165) is 11.1 Å². The molecule has 0 aliphatic heterocycles. The summed E-state index contributed by atoms with van der Waals surface area (Å²) in [6.07, 6.45) is 4.63. The Bertz CT molecular complexity index is 1200. The minimum atomic E-state index is -3.91. The number of hydrogen-bond donors (Lipinski definition) is 3. The molecule has 1 aromatic carbocycles. The van der Waals surface area contributed by atoms with Crippen LogP contribution in [0.15, 0.2) is 42.9 Å². The molecule has 0 aliphatic rings. The van der Waals surface area contributed by atoms with Gasteiger partial charge in [0, 0.05) is 25.4 Å². The predicted molar refractivity (Wildman–Crippen MR) is 117 cm³/mol. The zero-order valence-electron chi connectivity index (χ0n) is 17.3. The minimum absolute atomic E-state index is 0.148. The zero-order chi connectivity index (χ0) is 22.6. The Morgan fingerprint density at radius 2 is 1.81 bits per heavy atom. The SMILES string of the molecule is CCNS(=O)(=O)Nc1nccc(Cc2cncc(Nc3ccc(C)cc3F)c2C)c1F. The summed E-state index contributed by atoms with van der Waals surface area (Å²) in [4.78, 5) is 7.96. The second-order valence-electron chi connectivity index (χ2n) is 6.99. The van der Waals surface area contributed by atoms with Gasteiger partial charge in [-0.2, -0.15) is 13.1 Å². The van der Waals surface area contributed by atoms with E-state index in [1.54, 1.807) is 38.4 Å². The maximum atomic E-state index is 14.9. The number of pyridine rings is 2. The van der Waals surface area contributed by atoms with Crippen molar-refractivity contribution < 1.29 is 17.2 Å². The number of halogens is 2. The molecule has 0 fully saturated rings. The van der Waals surface area contributed by atoms with Crippen molar-refractivity contribution in [1.29, 1.82) is 0 Å². The first-order valence-electron chi connectivity index (χ1n) is 9.57. The van der Waals surface area contributed by atoms with E-state index >= 15 is 0 Å². The van der Waals surface area contributed by atoms with Gasteiger partial charge in [-0.3, -0.25) is 9.71 Å². The Hall–Kier alpha value is -3.11. The van der Waals surface area contributed by atoms with E-state index in [9.17, 15) is 17.2 Å². The fourth-order valence-corrected chi connectivity index (χ4v) is 3.84. The monoisotopic (exact) mass is 447 g/mol. The summed E-state index contributed by atoms with van der Waals surface area (Å²) in [6.45, 7) is 5.39. The zero-order valence-corrected chi connectivity index (χ0v) is 18.1. The third kappa shape index (κ3) is 5.53. The highest BCUT2D eigenvalue weighted by atomic mass is 32.2. The smallest absolute Gasteiger partial charge is 0.300 e. The first-order chi connectivity index (χ1) is 14.7. The van der Waals surface area contributed by atoms with Crippen LogP contribution in [0.25, 0.3) is 0 Å². The molecule has 10 heteroatoms. The van der Waals surface area contributed by atoms with Crippen LogP contribution in [-0.4, -0.2) is 24.9 Å². The molecule has 0 bridgehead atoms. The average molecular weight is 448 g/mol. The molecule has 0 atom stereocenters. The van der Waals surface area contributed by atoms with E-state index in [4.69, 9.17) is 0 Å². The average Bonchev–Trinajstić information content (AvgIpc) is 2.69. The molecular weight excluding hydrogens is 424 g/mol. The van der Waals surface area contributed by atoms with Crippen LogP contribution in [0, 0.1) is 25.5 Å². The standard InChI is InChI=1S/C21H23F2N5O2S/c1-4-26-31(29,30)28-21-20(23)15(7-8-25-21)10-16-11-24-12-19(14(16)3)27-18-6-5-13(2)9-17(18)22/h5-9,11-12,26-27H,4,10H2,1-3H3,(H,25,28). The molecule has 2 aromatic heterocycles. The summed E-state index contributed by atoms with van der Waals surface area (Å²) in [5.41, 5.74) is 3.41. The molecule has 0 saturated carbocycles. The van der Waals surface area contributed by atoms with Crippen molar-refractivity contribution in [3.05, 3.63) is 76.7 Å². The van der Waals surface area contributed by atoms with Gasteiger partial charge in [0.1, 0.15) is 5.82 Å². The van der Waals surface area contributed by atoms with Gasteiger partial charge in [-0.15, -0.1) is 0 Å². The number of aryl methyl sites for hydroxylation is 1. The van der Waals surface area contributed by atoms with E-state index in [0.29, 0.717) is 16.9 Å². The second kappa shape index (κ2) is 9.36. The summed E-state index contributed by atoms with van der Waals surface area (Å²) in [5.74, 6) is -1.55. The Kier molecular flexibility index (Phi) is 6.81. The number of benzene rings is 1. The van der Waals surface area contributed by atoms with Crippen molar-refractivity contribution in [2.24, 2.45) is 0 Å². The Balaban J connectivity index is 1.87. The van der Waals surface area contributed by atoms with Crippen LogP contribution in [0.4, 0.5) is 26.0 Å². The summed E-state index contributed by atoms with van der Waals surface area (Å²) in [6, 6.07) is 6.33. The van der Waals surface area contributed by atoms with Crippen LogP contribution < -0.4 is 14.8 Å². The van der Waals surface area contributed by atoms with Gasteiger partial charge in [0.15, 0.2) is 11.6 Å². The van der Waals surface area contributed by atoms with Gasteiger partial charge in [0.25, 0.3) is 10.2 Å². The van der Waals surface area contributed by atoms with Gasteiger partial charge in [-0.05, 0) is 54.3 Å². The van der Waals surface area contributed by atoms with E-state index < -0.39 is 16.0 Å².